The summed E-state index contributed by atoms with van der Waals surface area (Å²) in [5.41, 5.74) is -0.145. The molecule has 1 aliphatic rings. The Morgan fingerprint density at radius 2 is 2.00 bits per heavy atom. The van der Waals surface area contributed by atoms with Gasteiger partial charge in [0.1, 0.15) is 0 Å². The summed E-state index contributed by atoms with van der Waals surface area (Å²) in [6, 6.07) is 3.65. The Labute approximate surface area is 133 Å². The Morgan fingerprint density at radius 3 is 2.61 bits per heavy atom. The number of methoxy groups -OCH3 is 1. The molecule has 1 heterocycles. The molecule has 1 amide bonds. The monoisotopic (exact) mass is 330 g/mol. The summed E-state index contributed by atoms with van der Waals surface area (Å²) in [7, 11) is 1.49. The number of amides is 1. The first-order valence-electron chi connectivity index (χ1n) is 7.62. The van der Waals surface area contributed by atoms with Crippen LogP contribution in [0.3, 0.4) is 0 Å². The van der Waals surface area contributed by atoms with Gasteiger partial charge in [-0.15, -0.1) is 0 Å². The highest BCUT2D eigenvalue weighted by molar-refractivity contribution is 5.94. The maximum absolute atomic E-state index is 13.1. The zero-order chi connectivity index (χ0) is 16.9. The summed E-state index contributed by atoms with van der Waals surface area (Å²) in [5.74, 6) is -0.465. The summed E-state index contributed by atoms with van der Waals surface area (Å²) < 4.78 is 44.2. The van der Waals surface area contributed by atoms with Crippen LogP contribution in [-0.4, -0.2) is 39.3 Å². The highest BCUT2D eigenvalue weighted by Crippen LogP contribution is 2.34. The smallest absolute Gasteiger partial charge is 0.383 e. The van der Waals surface area contributed by atoms with Crippen molar-refractivity contribution in [2.75, 3.05) is 33.4 Å². The van der Waals surface area contributed by atoms with Gasteiger partial charge in [0.25, 0.3) is 5.91 Å². The second-order valence-electron chi connectivity index (χ2n) is 5.61. The number of ether oxygens (including phenoxy) is 1. The first-order chi connectivity index (χ1) is 10.9. The molecule has 0 aromatic heterocycles. The lowest BCUT2D eigenvalue weighted by molar-refractivity contribution is -0.137. The molecule has 0 atom stereocenters. The molecule has 23 heavy (non-hydrogen) atoms. The van der Waals surface area contributed by atoms with Crippen molar-refractivity contribution in [3.05, 3.63) is 34.9 Å². The third-order valence-electron chi connectivity index (χ3n) is 3.95. The van der Waals surface area contributed by atoms with Crippen LogP contribution in [0.25, 0.3) is 0 Å². The average molecular weight is 330 g/mol. The Hall–Kier alpha value is -1.60. The van der Waals surface area contributed by atoms with Gasteiger partial charge < -0.3 is 15.4 Å². The predicted molar refractivity (Wildman–Crippen MR) is 80.5 cm³/mol. The lowest BCUT2D eigenvalue weighted by atomic mass is 9.88. The van der Waals surface area contributed by atoms with Crippen LogP contribution in [-0.2, 0) is 10.9 Å². The molecule has 0 radical (unpaired) electrons. The number of carbonyl (C=O) groups excluding carboxylic acids is 1. The molecule has 1 fully saturated rings. The summed E-state index contributed by atoms with van der Waals surface area (Å²) in [6.07, 6.45) is -2.93. The highest BCUT2D eigenvalue weighted by Gasteiger charge is 2.32. The van der Waals surface area contributed by atoms with Crippen LogP contribution in [0.15, 0.2) is 18.2 Å². The summed E-state index contributed by atoms with van der Waals surface area (Å²) in [5, 5.41) is 5.75. The summed E-state index contributed by atoms with van der Waals surface area (Å²) in [4.78, 5) is 12.1. The van der Waals surface area contributed by atoms with Gasteiger partial charge in [-0.3, -0.25) is 4.79 Å². The molecule has 0 saturated carbocycles. The summed E-state index contributed by atoms with van der Waals surface area (Å²) in [6.45, 7) is 2.12. The molecule has 1 aliphatic heterocycles. The van der Waals surface area contributed by atoms with Crippen LogP contribution in [0.4, 0.5) is 13.2 Å². The molecule has 1 aromatic carbocycles. The standard InChI is InChI=1S/C16H21F3N2O2/c1-23-7-6-21-15(22)13-8-12(11-2-4-20-5-3-11)9-14(10-13)16(17,18)19/h8-11,20H,2-7H2,1H3,(H,21,22). The maximum Gasteiger partial charge on any atom is 0.416 e. The van der Waals surface area contributed by atoms with Crippen molar-refractivity contribution < 1.29 is 22.7 Å². The SMILES string of the molecule is COCCNC(=O)c1cc(C2CCNCC2)cc(C(F)(F)F)c1. The average Bonchev–Trinajstić information content (AvgIpc) is 2.54. The lowest BCUT2D eigenvalue weighted by Gasteiger charge is -2.24. The topological polar surface area (TPSA) is 50.4 Å². The first-order valence-corrected chi connectivity index (χ1v) is 7.62. The minimum Gasteiger partial charge on any atom is -0.383 e. The quantitative estimate of drug-likeness (QED) is 0.816. The molecule has 0 bridgehead atoms. The number of piperidine rings is 1. The number of hydrogen-bond acceptors (Lipinski definition) is 3. The van der Waals surface area contributed by atoms with Gasteiger partial charge in [0, 0.05) is 19.2 Å². The van der Waals surface area contributed by atoms with Gasteiger partial charge >= 0.3 is 6.18 Å². The fourth-order valence-electron chi connectivity index (χ4n) is 2.71. The van der Waals surface area contributed by atoms with Crippen LogP contribution in [0.2, 0.25) is 0 Å². The largest absolute Gasteiger partial charge is 0.416 e. The maximum atomic E-state index is 13.1. The highest BCUT2D eigenvalue weighted by atomic mass is 19.4. The number of hydrogen-bond donors (Lipinski definition) is 2. The van der Waals surface area contributed by atoms with Crippen molar-refractivity contribution in [3.63, 3.8) is 0 Å². The lowest BCUT2D eigenvalue weighted by Crippen LogP contribution is -2.29. The van der Waals surface area contributed by atoms with Crippen LogP contribution in [0, 0.1) is 0 Å². The summed E-state index contributed by atoms with van der Waals surface area (Å²) >= 11 is 0. The van der Waals surface area contributed by atoms with Crippen LogP contribution >= 0.6 is 0 Å². The minimum atomic E-state index is -4.47. The second-order valence-corrected chi connectivity index (χ2v) is 5.61. The molecule has 7 heteroatoms. The van der Waals surface area contributed by atoms with E-state index in [9.17, 15) is 18.0 Å². The normalized spacial score (nSPS) is 16.3. The molecule has 0 aliphatic carbocycles. The van der Waals surface area contributed by atoms with E-state index in [0.29, 0.717) is 12.2 Å². The van der Waals surface area contributed by atoms with Crippen molar-refractivity contribution >= 4 is 5.91 Å². The van der Waals surface area contributed by atoms with Gasteiger partial charge in [-0.25, -0.2) is 0 Å². The van der Waals surface area contributed by atoms with E-state index in [1.807, 2.05) is 0 Å². The molecule has 128 valence electrons. The second kappa shape index (κ2) is 7.79. The molecule has 0 spiro atoms. The third kappa shape index (κ3) is 4.94. The fourth-order valence-corrected chi connectivity index (χ4v) is 2.71. The Morgan fingerprint density at radius 1 is 1.30 bits per heavy atom. The molecule has 1 saturated heterocycles. The van der Waals surface area contributed by atoms with Gasteiger partial charge in [0.2, 0.25) is 0 Å². The molecular weight excluding hydrogens is 309 g/mol. The Balaban J connectivity index is 2.27. The van der Waals surface area contributed by atoms with Crippen molar-refractivity contribution in [2.45, 2.75) is 24.9 Å². The molecule has 2 rings (SSSR count). The van der Waals surface area contributed by atoms with E-state index < -0.39 is 17.6 Å². The molecule has 1 aromatic rings. The third-order valence-corrected chi connectivity index (χ3v) is 3.95. The van der Waals surface area contributed by atoms with Crippen molar-refractivity contribution in [3.8, 4) is 0 Å². The van der Waals surface area contributed by atoms with Gasteiger partial charge in [0.05, 0.1) is 12.2 Å². The Kier molecular flexibility index (Phi) is 6.01. The van der Waals surface area contributed by atoms with E-state index in [-0.39, 0.29) is 18.0 Å². The number of nitrogens with one attached hydrogen (secondary N) is 2. The number of halogens is 3. The zero-order valence-corrected chi connectivity index (χ0v) is 13.0. The van der Waals surface area contributed by atoms with Crippen LogP contribution < -0.4 is 10.6 Å². The van der Waals surface area contributed by atoms with Gasteiger partial charge in [-0.1, -0.05) is 0 Å². The number of alkyl halides is 3. The number of rotatable bonds is 5. The molecule has 2 N–H and O–H groups in total. The predicted octanol–water partition coefficient (Wildman–Crippen LogP) is 2.55. The van der Waals surface area contributed by atoms with Crippen molar-refractivity contribution in [2.24, 2.45) is 0 Å². The number of benzene rings is 1. The van der Waals surface area contributed by atoms with E-state index >= 15 is 0 Å². The van der Waals surface area contributed by atoms with Gasteiger partial charge in [-0.05, 0) is 55.6 Å². The van der Waals surface area contributed by atoms with Gasteiger partial charge in [-0.2, -0.15) is 13.2 Å². The van der Waals surface area contributed by atoms with Crippen molar-refractivity contribution in [1.29, 1.82) is 0 Å². The van der Waals surface area contributed by atoms with E-state index in [1.54, 1.807) is 6.07 Å². The van der Waals surface area contributed by atoms with Crippen LogP contribution in [0.5, 0.6) is 0 Å². The fraction of sp³-hybridized carbons (Fsp3) is 0.562. The van der Waals surface area contributed by atoms with Crippen molar-refractivity contribution in [1.82, 2.24) is 10.6 Å². The van der Waals surface area contributed by atoms with E-state index in [1.165, 1.54) is 13.2 Å². The van der Waals surface area contributed by atoms with Gasteiger partial charge in [0.15, 0.2) is 0 Å². The van der Waals surface area contributed by atoms with E-state index in [0.717, 1.165) is 32.0 Å². The molecule has 4 nitrogen and oxygen atoms in total. The molecular formula is C16H21F3N2O2. The minimum absolute atomic E-state index is 0.0454. The molecule has 0 unspecified atom stereocenters. The Bertz CT molecular complexity index is 541. The van der Waals surface area contributed by atoms with Crippen LogP contribution in [0.1, 0.15) is 40.2 Å². The van der Waals surface area contributed by atoms with E-state index in [4.69, 9.17) is 4.74 Å². The zero-order valence-electron chi connectivity index (χ0n) is 13.0. The first kappa shape index (κ1) is 17.7. The number of carbonyl (C=O) groups is 1. The van der Waals surface area contributed by atoms with E-state index in [2.05, 4.69) is 10.6 Å².